The lowest BCUT2D eigenvalue weighted by atomic mass is 10.2. The molecule has 0 fully saturated rings. The first-order valence-electron chi connectivity index (χ1n) is 9.15. The Balaban J connectivity index is 1.63. The van der Waals surface area contributed by atoms with Gasteiger partial charge in [-0.1, -0.05) is 0 Å². The van der Waals surface area contributed by atoms with Gasteiger partial charge in [0.15, 0.2) is 0 Å². The molecule has 0 spiro atoms. The number of ether oxygens (including phenoxy) is 1. The van der Waals surface area contributed by atoms with E-state index in [4.69, 9.17) is 4.74 Å². The fourth-order valence-electron chi connectivity index (χ4n) is 2.73. The maximum Gasteiger partial charge on any atom is 0.252 e. The summed E-state index contributed by atoms with van der Waals surface area (Å²) in [6, 6.07) is 11.3. The van der Waals surface area contributed by atoms with E-state index in [-0.39, 0.29) is 5.91 Å². The van der Waals surface area contributed by atoms with Gasteiger partial charge in [-0.2, -0.15) is 5.10 Å². The standard InChI is InChI=1S/C21H25N5O2/c1-25(2)12-4-11-22-21(27)16-5-10-20(23-13-16)17-14-24-26(15-17)18-6-8-19(28-3)9-7-18/h5-10,13-15H,4,11-12H2,1-3H3,(H,22,27). The highest BCUT2D eigenvalue weighted by Crippen LogP contribution is 2.20. The average Bonchev–Trinajstić information content (AvgIpc) is 3.21. The minimum atomic E-state index is -0.105. The summed E-state index contributed by atoms with van der Waals surface area (Å²) in [5.74, 6) is 0.695. The summed E-state index contributed by atoms with van der Waals surface area (Å²) in [7, 11) is 5.67. The molecular formula is C21H25N5O2. The quantitative estimate of drug-likeness (QED) is 0.609. The van der Waals surface area contributed by atoms with Gasteiger partial charge < -0.3 is 15.0 Å². The molecule has 0 bridgehead atoms. The van der Waals surface area contributed by atoms with Crippen molar-refractivity contribution >= 4 is 5.91 Å². The number of pyridine rings is 1. The van der Waals surface area contributed by atoms with Gasteiger partial charge >= 0.3 is 0 Å². The normalized spacial score (nSPS) is 10.9. The molecule has 0 aliphatic heterocycles. The second kappa shape index (κ2) is 9.14. The van der Waals surface area contributed by atoms with E-state index in [1.165, 1.54) is 0 Å². The third kappa shape index (κ3) is 4.95. The van der Waals surface area contributed by atoms with Gasteiger partial charge in [-0.05, 0) is 63.5 Å². The van der Waals surface area contributed by atoms with E-state index in [2.05, 4.69) is 20.3 Å². The Bertz CT molecular complexity index is 901. The first-order chi connectivity index (χ1) is 13.6. The Morgan fingerprint density at radius 1 is 1.14 bits per heavy atom. The zero-order chi connectivity index (χ0) is 19.9. The molecule has 1 aromatic carbocycles. The van der Waals surface area contributed by atoms with Gasteiger partial charge in [-0.25, -0.2) is 4.68 Å². The van der Waals surface area contributed by atoms with E-state index < -0.39 is 0 Å². The van der Waals surface area contributed by atoms with Crippen LogP contribution in [0.3, 0.4) is 0 Å². The highest BCUT2D eigenvalue weighted by Gasteiger charge is 2.09. The molecule has 0 saturated heterocycles. The molecule has 2 heterocycles. The summed E-state index contributed by atoms with van der Waals surface area (Å²) < 4.78 is 6.96. The van der Waals surface area contributed by atoms with Crippen LogP contribution in [0.25, 0.3) is 16.9 Å². The Labute approximate surface area is 165 Å². The van der Waals surface area contributed by atoms with E-state index in [0.717, 1.165) is 35.7 Å². The van der Waals surface area contributed by atoms with Crippen LogP contribution in [0.4, 0.5) is 0 Å². The Morgan fingerprint density at radius 2 is 1.93 bits per heavy atom. The smallest absolute Gasteiger partial charge is 0.252 e. The van der Waals surface area contributed by atoms with Crippen LogP contribution >= 0.6 is 0 Å². The largest absolute Gasteiger partial charge is 0.497 e. The fourth-order valence-corrected chi connectivity index (χ4v) is 2.73. The SMILES string of the molecule is COc1ccc(-n2cc(-c3ccc(C(=O)NCCCN(C)C)cn3)cn2)cc1. The molecule has 3 rings (SSSR count). The van der Waals surface area contributed by atoms with Crippen LogP contribution < -0.4 is 10.1 Å². The number of aromatic nitrogens is 3. The van der Waals surface area contributed by atoms with Crippen molar-refractivity contribution in [2.75, 3.05) is 34.3 Å². The molecule has 0 aliphatic rings. The molecule has 0 radical (unpaired) electrons. The van der Waals surface area contributed by atoms with Crippen molar-refractivity contribution < 1.29 is 9.53 Å². The van der Waals surface area contributed by atoms with E-state index in [1.807, 2.05) is 50.6 Å². The van der Waals surface area contributed by atoms with E-state index >= 15 is 0 Å². The van der Waals surface area contributed by atoms with E-state index in [0.29, 0.717) is 12.1 Å². The number of nitrogens with one attached hydrogen (secondary N) is 1. The zero-order valence-corrected chi connectivity index (χ0v) is 16.4. The van der Waals surface area contributed by atoms with Crippen molar-refractivity contribution in [3.8, 4) is 22.7 Å². The second-order valence-electron chi connectivity index (χ2n) is 6.72. The number of carbonyl (C=O) groups is 1. The van der Waals surface area contributed by atoms with Crippen LogP contribution in [0.2, 0.25) is 0 Å². The van der Waals surface area contributed by atoms with Gasteiger partial charge in [0.1, 0.15) is 5.75 Å². The summed E-state index contributed by atoms with van der Waals surface area (Å²) >= 11 is 0. The number of carbonyl (C=O) groups excluding carboxylic acids is 1. The minimum absolute atomic E-state index is 0.105. The van der Waals surface area contributed by atoms with Crippen LogP contribution in [-0.2, 0) is 0 Å². The lowest BCUT2D eigenvalue weighted by Gasteiger charge is -2.09. The topological polar surface area (TPSA) is 72.3 Å². The van der Waals surface area contributed by atoms with Crippen molar-refractivity contribution in [1.29, 1.82) is 0 Å². The maximum atomic E-state index is 12.2. The van der Waals surface area contributed by atoms with Gasteiger partial charge in [-0.15, -0.1) is 0 Å². The summed E-state index contributed by atoms with van der Waals surface area (Å²) in [6.45, 7) is 1.59. The third-order valence-electron chi connectivity index (χ3n) is 4.31. The van der Waals surface area contributed by atoms with Gasteiger partial charge in [-0.3, -0.25) is 9.78 Å². The lowest BCUT2D eigenvalue weighted by Crippen LogP contribution is -2.27. The molecule has 2 aromatic heterocycles. The molecule has 1 amide bonds. The average molecular weight is 379 g/mol. The maximum absolute atomic E-state index is 12.2. The molecule has 28 heavy (non-hydrogen) atoms. The first kappa shape index (κ1) is 19.6. The van der Waals surface area contributed by atoms with Crippen LogP contribution in [0.5, 0.6) is 5.75 Å². The molecule has 7 nitrogen and oxygen atoms in total. The summed E-state index contributed by atoms with van der Waals surface area (Å²) in [6.07, 6.45) is 6.18. The summed E-state index contributed by atoms with van der Waals surface area (Å²) in [5, 5.41) is 7.31. The van der Waals surface area contributed by atoms with Gasteiger partial charge in [0, 0.05) is 24.5 Å². The van der Waals surface area contributed by atoms with Crippen molar-refractivity contribution in [2.45, 2.75) is 6.42 Å². The molecule has 0 aliphatic carbocycles. The first-order valence-corrected chi connectivity index (χ1v) is 9.15. The monoisotopic (exact) mass is 379 g/mol. The van der Waals surface area contributed by atoms with Crippen molar-refractivity contribution in [2.24, 2.45) is 0 Å². The number of nitrogens with zero attached hydrogens (tertiary/aromatic N) is 4. The number of methoxy groups -OCH3 is 1. The lowest BCUT2D eigenvalue weighted by molar-refractivity contribution is 0.0952. The fraction of sp³-hybridized carbons (Fsp3) is 0.286. The Kier molecular flexibility index (Phi) is 6.39. The predicted molar refractivity (Wildman–Crippen MR) is 109 cm³/mol. The number of benzene rings is 1. The van der Waals surface area contributed by atoms with Crippen LogP contribution in [-0.4, -0.2) is 59.9 Å². The molecule has 3 aromatic rings. The van der Waals surface area contributed by atoms with Crippen molar-refractivity contribution in [3.63, 3.8) is 0 Å². The molecule has 7 heteroatoms. The second-order valence-corrected chi connectivity index (χ2v) is 6.72. The summed E-state index contributed by atoms with van der Waals surface area (Å²) in [5.41, 5.74) is 3.13. The van der Waals surface area contributed by atoms with Crippen LogP contribution in [0.15, 0.2) is 55.0 Å². The van der Waals surface area contributed by atoms with Crippen molar-refractivity contribution in [1.82, 2.24) is 25.0 Å². The molecule has 0 atom stereocenters. The van der Waals surface area contributed by atoms with Crippen LogP contribution in [0.1, 0.15) is 16.8 Å². The Morgan fingerprint density at radius 3 is 2.57 bits per heavy atom. The van der Waals surface area contributed by atoms with Gasteiger partial charge in [0.25, 0.3) is 5.91 Å². The zero-order valence-electron chi connectivity index (χ0n) is 16.4. The highest BCUT2D eigenvalue weighted by molar-refractivity contribution is 5.94. The summed E-state index contributed by atoms with van der Waals surface area (Å²) in [4.78, 5) is 18.7. The minimum Gasteiger partial charge on any atom is -0.497 e. The number of amides is 1. The molecule has 1 N–H and O–H groups in total. The van der Waals surface area contributed by atoms with Crippen LogP contribution in [0, 0.1) is 0 Å². The molecule has 0 unspecified atom stereocenters. The van der Waals surface area contributed by atoms with Gasteiger partial charge in [0.2, 0.25) is 0 Å². The number of hydrogen-bond acceptors (Lipinski definition) is 5. The van der Waals surface area contributed by atoms with Crippen molar-refractivity contribution in [3.05, 3.63) is 60.6 Å². The molecular weight excluding hydrogens is 354 g/mol. The number of rotatable bonds is 8. The predicted octanol–water partition coefficient (Wildman–Crippen LogP) is 2.62. The van der Waals surface area contributed by atoms with E-state index in [9.17, 15) is 4.79 Å². The third-order valence-corrected chi connectivity index (χ3v) is 4.31. The van der Waals surface area contributed by atoms with Gasteiger partial charge in [0.05, 0.1) is 30.3 Å². The molecule has 146 valence electrons. The molecule has 0 saturated carbocycles. The highest BCUT2D eigenvalue weighted by atomic mass is 16.5. The Hall–Kier alpha value is -3.19. The van der Waals surface area contributed by atoms with E-state index in [1.54, 1.807) is 30.3 Å². The number of hydrogen-bond donors (Lipinski definition) is 1.